The third-order valence-electron chi connectivity index (χ3n) is 2.76. The van der Waals surface area contributed by atoms with Crippen LogP contribution in [0.5, 0.6) is 0 Å². The van der Waals surface area contributed by atoms with Crippen LogP contribution in [0.15, 0.2) is 45.3 Å². The van der Waals surface area contributed by atoms with Crippen LogP contribution >= 0.6 is 43.5 Å². The number of rotatable bonds is 3. The van der Waals surface area contributed by atoms with Crippen molar-refractivity contribution in [3.63, 3.8) is 0 Å². The fraction of sp³-hybridized carbons (Fsp3) is 0.143. The average Bonchev–Trinajstić information content (AvgIpc) is 2.36. The molecule has 0 bridgehead atoms. The predicted octanol–water partition coefficient (Wildman–Crippen LogP) is 5.28. The fourth-order valence-electron chi connectivity index (χ4n) is 1.73. The van der Waals surface area contributed by atoms with Crippen LogP contribution in [0, 0.1) is 5.82 Å². The molecule has 0 fully saturated rings. The van der Waals surface area contributed by atoms with Gasteiger partial charge in [-0.15, -0.1) is 0 Å². The van der Waals surface area contributed by atoms with Crippen molar-refractivity contribution in [2.75, 3.05) is 0 Å². The zero-order valence-corrected chi connectivity index (χ0v) is 13.6. The number of hydrogen-bond acceptors (Lipinski definition) is 1. The maximum Gasteiger partial charge on any atom is 0.127 e. The largest absolute Gasteiger partial charge is 0.388 e. The maximum absolute atomic E-state index is 13.7. The maximum atomic E-state index is 13.7. The second-order valence-electron chi connectivity index (χ2n) is 4.13. The highest BCUT2D eigenvalue weighted by molar-refractivity contribution is 9.13. The summed E-state index contributed by atoms with van der Waals surface area (Å²) in [7, 11) is 0. The van der Waals surface area contributed by atoms with Crippen LogP contribution in [-0.2, 0) is 6.42 Å². The van der Waals surface area contributed by atoms with E-state index >= 15 is 0 Å². The summed E-state index contributed by atoms with van der Waals surface area (Å²) in [6.45, 7) is 0. The Hall–Kier alpha value is -0.420. The molecule has 2 rings (SSSR count). The molecule has 2 aromatic rings. The highest BCUT2D eigenvalue weighted by Crippen LogP contribution is 2.28. The van der Waals surface area contributed by atoms with E-state index in [0.29, 0.717) is 10.6 Å². The minimum atomic E-state index is -0.764. The first-order chi connectivity index (χ1) is 8.97. The summed E-state index contributed by atoms with van der Waals surface area (Å²) in [5.41, 5.74) is 1.17. The smallest absolute Gasteiger partial charge is 0.127 e. The molecule has 0 spiro atoms. The van der Waals surface area contributed by atoms with E-state index in [-0.39, 0.29) is 6.42 Å². The Kier molecular flexibility index (Phi) is 5.01. The molecule has 0 radical (unpaired) electrons. The third kappa shape index (κ3) is 3.78. The van der Waals surface area contributed by atoms with Crippen LogP contribution in [0.2, 0.25) is 5.02 Å². The number of halogens is 4. The predicted molar refractivity (Wildman–Crippen MR) is 81.9 cm³/mol. The van der Waals surface area contributed by atoms with Crippen LogP contribution in [0.4, 0.5) is 4.39 Å². The summed E-state index contributed by atoms with van der Waals surface area (Å²) >= 11 is 12.4. The third-order valence-corrected chi connectivity index (χ3v) is 4.87. The summed E-state index contributed by atoms with van der Waals surface area (Å²) < 4.78 is 15.4. The Labute approximate surface area is 132 Å². The Bertz CT molecular complexity index is 604. The minimum Gasteiger partial charge on any atom is -0.388 e. The van der Waals surface area contributed by atoms with Crippen molar-refractivity contribution in [3.8, 4) is 0 Å². The zero-order chi connectivity index (χ0) is 14.0. The number of aliphatic hydroxyl groups is 1. The molecular formula is C14H10Br2ClFO. The van der Waals surface area contributed by atoms with E-state index in [1.807, 2.05) is 12.1 Å². The van der Waals surface area contributed by atoms with E-state index in [2.05, 4.69) is 31.9 Å². The van der Waals surface area contributed by atoms with Crippen molar-refractivity contribution in [2.45, 2.75) is 12.5 Å². The van der Waals surface area contributed by atoms with Gasteiger partial charge in [0.25, 0.3) is 0 Å². The van der Waals surface area contributed by atoms with Crippen molar-refractivity contribution in [2.24, 2.45) is 0 Å². The van der Waals surface area contributed by atoms with Gasteiger partial charge in [0.05, 0.1) is 6.10 Å². The van der Waals surface area contributed by atoms with E-state index in [1.54, 1.807) is 18.2 Å². The molecule has 0 aromatic heterocycles. The molecule has 1 unspecified atom stereocenters. The summed E-state index contributed by atoms with van der Waals surface area (Å²) in [6, 6.07) is 9.90. The van der Waals surface area contributed by atoms with Gasteiger partial charge in [0.15, 0.2) is 0 Å². The standard InChI is InChI=1S/C14H10Br2ClFO/c15-11-4-2-9(5-12(11)16)14(19)6-8-1-3-10(17)7-13(8)18/h1-5,7,14,19H,6H2. The molecule has 1 N–H and O–H groups in total. The van der Waals surface area contributed by atoms with Crippen molar-refractivity contribution in [1.82, 2.24) is 0 Å². The lowest BCUT2D eigenvalue weighted by Crippen LogP contribution is -2.03. The van der Waals surface area contributed by atoms with Crippen LogP contribution < -0.4 is 0 Å². The molecule has 0 saturated heterocycles. The molecule has 0 aliphatic carbocycles. The summed E-state index contributed by atoms with van der Waals surface area (Å²) in [5.74, 6) is -0.400. The van der Waals surface area contributed by atoms with Crippen LogP contribution in [0.25, 0.3) is 0 Å². The van der Waals surface area contributed by atoms with Crippen molar-refractivity contribution < 1.29 is 9.50 Å². The van der Waals surface area contributed by atoms with Gasteiger partial charge in [0.1, 0.15) is 5.82 Å². The molecule has 100 valence electrons. The second kappa shape index (κ2) is 6.35. The highest BCUT2D eigenvalue weighted by Gasteiger charge is 2.13. The molecule has 0 heterocycles. The zero-order valence-electron chi connectivity index (χ0n) is 9.71. The Morgan fingerprint density at radius 1 is 1.11 bits per heavy atom. The van der Waals surface area contributed by atoms with Gasteiger partial charge in [-0.05, 0) is 67.3 Å². The first-order valence-corrected chi connectivity index (χ1v) is 7.50. The lowest BCUT2D eigenvalue weighted by molar-refractivity contribution is 0.177. The first-order valence-electron chi connectivity index (χ1n) is 5.54. The number of aliphatic hydroxyl groups excluding tert-OH is 1. The monoisotopic (exact) mass is 406 g/mol. The highest BCUT2D eigenvalue weighted by atomic mass is 79.9. The summed E-state index contributed by atoms with van der Waals surface area (Å²) in [5, 5.41) is 10.5. The van der Waals surface area contributed by atoms with E-state index in [0.717, 1.165) is 14.5 Å². The minimum absolute atomic E-state index is 0.205. The number of benzene rings is 2. The molecule has 1 atom stereocenters. The molecule has 0 amide bonds. The van der Waals surface area contributed by atoms with Crippen LogP contribution in [-0.4, -0.2) is 5.11 Å². The Morgan fingerprint density at radius 2 is 1.84 bits per heavy atom. The van der Waals surface area contributed by atoms with E-state index in [4.69, 9.17) is 11.6 Å². The van der Waals surface area contributed by atoms with Gasteiger partial charge in [-0.2, -0.15) is 0 Å². The van der Waals surface area contributed by atoms with E-state index < -0.39 is 11.9 Å². The van der Waals surface area contributed by atoms with Gasteiger partial charge in [-0.1, -0.05) is 23.7 Å². The second-order valence-corrected chi connectivity index (χ2v) is 6.27. The lowest BCUT2D eigenvalue weighted by atomic mass is 10.0. The van der Waals surface area contributed by atoms with Gasteiger partial charge in [0, 0.05) is 20.4 Å². The Morgan fingerprint density at radius 3 is 2.47 bits per heavy atom. The fourth-order valence-corrected chi connectivity index (χ4v) is 2.53. The summed E-state index contributed by atoms with van der Waals surface area (Å²) in [6.07, 6.45) is -0.558. The molecule has 1 nitrogen and oxygen atoms in total. The van der Waals surface area contributed by atoms with E-state index in [1.165, 1.54) is 6.07 Å². The van der Waals surface area contributed by atoms with Crippen molar-refractivity contribution in [1.29, 1.82) is 0 Å². The Balaban J connectivity index is 2.20. The van der Waals surface area contributed by atoms with Crippen LogP contribution in [0.3, 0.4) is 0 Å². The topological polar surface area (TPSA) is 20.2 Å². The lowest BCUT2D eigenvalue weighted by Gasteiger charge is -2.13. The molecule has 2 aromatic carbocycles. The SMILES string of the molecule is OC(Cc1ccc(Cl)cc1F)c1ccc(Br)c(Br)c1. The van der Waals surface area contributed by atoms with Gasteiger partial charge < -0.3 is 5.11 Å². The normalized spacial score (nSPS) is 12.5. The molecule has 0 aliphatic rings. The van der Waals surface area contributed by atoms with Gasteiger partial charge >= 0.3 is 0 Å². The number of hydrogen-bond donors (Lipinski definition) is 1. The molecule has 5 heteroatoms. The van der Waals surface area contributed by atoms with Gasteiger partial charge in [-0.25, -0.2) is 4.39 Å². The van der Waals surface area contributed by atoms with Crippen LogP contribution in [0.1, 0.15) is 17.2 Å². The van der Waals surface area contributed by atoms with Crippen molar-refractivity contribution in [3.05, 3.63) is 67.3 Å². The van der Waals surface area contributed by atoms with Gasteiger partial charge in [0.2, 0.25) is 0 Å². The van der Waals surface area contributed by atoms with Gasteiger partial charge in [-0.3, -0.25) is 0 Å². The van der Waals surface area contributed by atoms with E-state index in [9.17, 15) is 9.50 Å². The van der Waals surface area contributed by atoms with Crippen molar-refractivity contribution >= 4 is 43.5 Å². The average molecular weight is 408 g/mol. The molecule has 0 aliphatic heterocycles. The first kappa shape index (κ1) is 15.0. The molecular weight excluding hydrogens is 398 g/mol. The molecule has 0 saturated carbocycles. The summed E-state index contributed by atoms with van der Waals surface area (Å²) in [4.78, 5) is 0. The molecule has 19 heavy (non-hydrogen) atoms. The quantitative estimate of drug-likeness (QED) is 0.733.